The summed E-state index contributed by atoms with van der Waals surface area (Å²) in [6.45, 7) is 8.48. The largest absolute Gasteiger partial charge is 0.347 e. The third kappa shape index (κ3) is 3.69. The fraction of sp³-hybridized carbons (Fsp3) is 0.625. The molecule has 2 unspecified atom stereocenters. The van der Waals surface area contributed by atoms with Gasteiger partial charge in [-0.3, -0.25) is 4.79 Å². The molecular weight excluding hydrogens is 268 g/mol. The van der Waals surface area contributed by atoms with Gasteiger partial charge in [0.2, 0.25) is 5.91 Å². The zero-order valence-corrected chi connectivity index (χ0v) is 13.6. The fourth-order valence-corrected chi connectivity index (χ4v) is 3.31. The highest BCUT2D eigenvalue weighted by molar-refractivity contribution is 7.09. The molecule has 0 spiro atoms. The van der Waals surface area contributed by atoms with Crippen molar-refractivity contribution < 1.29 is 4.79 Å². The van der Waals surface area contributed by atoms with E-state index >= 15 is 0 Å². The molecule has 110 valence electrons. The molecule has 0 saturated carbocycles. The smallest absolute Gasteiger partial charge is 0.223 e. The number of hydrogen-bond acceptors (Lipinski definition) is 3. The first-order valence-corrected chi connectivity index (χ1v) is 8.17. The van der Waals surface area contributed by atoms with E-state index in [2.05, 4.69) is 48.6 Å². The topological polar surface area (TPSA) is 42.0 Å². The van der Waals surface area contributed by atoms with Crippen molar-refractivity contribution in [3.05, 3.63) is 28.2 Å². The maximum absolute atomic E-state index is 12.2. The second kappa shape index (κ2) is 6.08. The Hall–Kier alpha value is -1.16. The van der Waals surface area contributed by atoms with Gasteiger partial charge in [-0.05, 0) is 26.2 Å². The molecule has 2 rings (SSSR count). The van der Waals surface area contributed by atoms with Gasteiger partial charge in [-0.2, -0.15) is 0 Å². The molecule has 1 aromatic heterocycles. The first kappa shape index (κ1) is 15.2. The summed E-state index contributed by atoms with van der Waals surface area (Å²) in [7, 11) is 0. The Kier molecular flexibility index (Phi) is 4.63. The Morgan fingerprint density at radius 3 is 2.75 bits per heavy atom. The molecule has 0 radical (unpaired) electrons. The van der Waals surface area contributed by atoms with E-state index in [0.29, 0.717) is 0 Å². The van der Waals surface area contributed by atoms with Crippen LogP contribution in [0.25, 0.3) is 0 Å². The van der Waals surface area contributed by atoms with Crippen LogP contribution in [0.4, 0.5) is 0 Å². The van der Waals surface area contributed by atoms with Gasteiger partial charge in [0.05, 0.1) is 11.7 Å². The van der Waals surface area contributed by atoms with E-state index < -0.39 is 0 Å². The van der Waals surface area contributed by atoms with E-state index in [-0.39, 0.29) is 23.3 Å². The SMILES string of the molecule is CC(NC(=O)C1CC=CCC1)c1nc(C(C)(C)C)cs1. The van der Waals surface area contributed by atoms with Crippen LogP contribution in [0.5, 0.6) is 0 Å². The lowest BCUT2D eigenvalue weighted by Gasteiger charge is -2.20. The molecule has 0 aliphatic heterocycles. The van der Waals surface area contributed by atoms with Crippen molar-refractivity contribution in [2.24, 2.45) is 5.92 Å². The van der Waals surface area contributed by atoms with Crippen LogP contribution in [-0.4, -0.2) is 10.9 Å². The molecule has 1 amide bonds. The number of nitrogens with one attached hydrogen (secondary N) is 1. The second-order valence-corrected chi connectivity index (χ2v) is 7.42. The van der Waals surface area contributed by atoms with E-state index in [1.54, 1.807) is 11.3 Å². The van der Waals surface area contributed by atoms with Crippen LogP contribution in [0.2, 0.25) is 0 Å². The minimum Gasteiger partial charge on any atom is -0.347 e. The Labute approximate surface area is 125 Å². The number of carbonyl (C=O) groups is 1. The van der Waals surface area contributed by atoms with Gasteiger partial charge in [-0.25, -0.2) is 4.98 Å². The predicted octanol–water partition coefficient (Wildman–Crippen LogP) is 3.97. The number of carbonyl (C=O) groups excluding carboxylic acids is 1. The Morgan fingerprint density at radius 2 is 2.20 bits per heavy atom. The van der Waals surface area contributed by atoms with E-state index in [1.165, 1.54) is 0 Å². The fourth-order valence-electron chi connectivity index (χ4n) is 2.26. The quantitative estimate of drug-likeness (QED) is 0.856. The summed E-state index contributed by atoms with van der Waals surface area (Å²) in [5, 5.41) is 6.20. The number of rotatable bonds is 3. The van der Waals surface area contributed by atoms with E-state index in [9.17, 15) is 4.79 Å². The lowest BCUT2D eigenvalue weighted by atomic mass is 9.93. The van der Waals surface area contributed by atoms with Crippen LogP contribution in [0, 0.1) is 5.92 Å². The third-order valence-electron chi connectivity index (χ3n) is 3.66. The van der Waals surface area contributed by atoms with Crippen molar-refractivity contribution in [3.63, 3.8) is 0 Å². The summed E-state index contributed by atoms with van der Waals surface area (Å²) < 4.78 is 0. The predicted molar refractivity (Wildman–Crippen MR) is 83.9 cm³/mol. The van der Waals surface area contributed by atoms with Crippen molar-refractivity contribution in [3.8, 4) is 0 Å². The molecular formula is C16H24N2OS. The molecule has 1 heterocycles. The standard InChI is InChI=1S/C16H24N2OS/c1-11(15-18-13(10-20-15)16(2,3)4)17-14(19)12-8-6-5-7-9-12/h5-6,10-12H,7-9H2,1-4H3,(H,17,19). The molecule has 4 heteroatoms. The van der Waals surface area contributed by atoms with Crippen LogP contribution in [0.3, 0.4) is 0 Å². The first-order chi connectivity index (χ1) is 9.38. The lowest BCUT2D eigenvalue weighted by Crippen LogP contribution is -2.33. The number of amides is 1. The van der Waals surface area contributed by atoms with Crippen LogP contribution < -0.4 is 5.32 Å². The third-order valence-corrected chi connectivity index (χ3v) is 4.69. The second-order valence-electron chi connectivity index (χ2n) is 6.53. The maximum atomic E-state index is 12.2. The van der Waals surface area contributed by atoms with Crippen LogP contribution >= 0.6 is 11.3 Å². The number of hydrogen-bond donors (Lipinski definition) is 1. The molecule has 0 aromatic carbocycles. The molecule has 3 nitrogen and oxygen atoms in total. The molecule has 2 atom stereocenters. The zero-order chi connectivity index (χ0) is 14.8. The summed E-state index contributed by atoms with van der Waals surface area (Å²) >= 11 is 1.63. The highest BCUT2D eigenvalue weighted by Crippen LogP contribution is 2.27. The molecule has 0 saturated heterocycles. The highest BCUT2D eigenvalue weighted by atomic mass is 32.1. The molecule has 1 N–H and O–H groups in total. The number of nitrogens with zero attached hydrogens (tertiary/aromatic N) is 1. The van der Waals surface area contributed by atoms with Gasteiger partial charge in [0.1, 0.15) is 5.01 Å². The number of thiazole rings is 1. The maximum Gasteiger partial charge on any atom is 0.223 e. The summed E-state index contributed by atoms with van der Waals surface area (Å²) in [5.74, 6) is 0.291. The van der Waals surface area contributed by atoms with Gasteiger partial charge in [0.15, 0.2) is 0 Å². The molecule has 20 heavy (non-hydrogen) atoms. The highest BCUT2D eigenvalue weighted by Gasteiger charge is 2.23. The molecule has 1 aromatic rings. The van der Waals surface area contributed by atoms with Gasteiger partial charge < -0.3 is 5.32 Å². The van der Waals surface area contributed by atoms with Crippen molar-refractivity contribution in [1.29, 1.82) is 0 Å². The van der Waals surface area contributed by atoms with E-state index in [4.69, 9.17) is 0 Å². The van der Waals surface area contributed by atoms with Crippen molar-refractivity contribution >= 4 is 17.2 Å². The lowest BCUT2D eigenvalue weighted by molar-refractivity contribution is -0.125. The zero-order valence-electron chi connectivity index (χ0n) is 12.8. The molecule has 1 aliphatic rings. The first-order valence-electron chi connectivity index (χ1n) is 7.29. The van der Waals surface area contributed by atoms with Gasteiger partial charge in [0, 0.05) is 16.7 Å². The Balaban J connectivity index is 1.97. The summed E-state index contributed by atoms with van der Waals surface area (Å²) in [6, 6.07) is -0.00509. The summed E-state index contributed by atoms with van der Waals surface area (Å²) in [5.41, 5.74) is 1.16. The van der Waals surface area contributed by atoms with Crippen LogP contribution in [0.1, 0.15) is 63.7 Å². The average Bonchev–Trinajstić information content (AvgIpc) is 2.89. The van der Waals surface area contributed by atoms with E-state index in [0.717, 1.165) is 30.0 Å². The van der Waals surface area contributed by atoms with Gasteiger partial charge in [-0.15, -0.1) is 11.3 Å². The minimum atomic E-state index is -0.00509. The molecule has 0 fully saturated rings. The van der Waals surface area contributed by atoms with Gasteiger partial charge >= 0.3 is 0 Å². The minimum absolute atomic E-state index is 0.00509. The Morgan fingerprint density at radius 1 is 1.45 bits per heavy atom. The van der Waals surface area contributed by atoms with Crippen molar-refractivity contribution in [1.82, 2.24) is 10.3 Å². The number of allylic oxidation sites excluding steroid dienone is 2. The van der Waals surface area contributed by atoms with Crippen molar-refractivity contribution in [2.75, 3.05) is 0 Å². The monoisotopic (exact) mass is 292 g/mol. The molecule has 1 aliphatic carbocycles. The van der Waals surface area contributed by atoms with E-state index in [1.807, 2.05) is 6.92 Å². The van der Waals surface area contributed by atoms with Gasteiger partial charge in [0.25, 0.3) is 0 Å². The summed E-state index contributed by atoms with van der Waals surface area (Å²) in [6.07, 6.45) is 7.10. The van der Waals surface area contributed by atoms with Crippen LogP contribution in [-0.2, 0) is 10.2 Å². The van der Waals surface area contributed by atoms with Gasteiger partial charge in [-0.1, -0.05) is 32.9 Å². The number of aromatic nitrogens is 1. The average molecular weight is 292 g/mol. The molecule has 0 bridgehead atoms. The normalized spacial score (nSPS) is 20.7. The Bertz CT molecular complexity index is 499. The van der Waals surface area contributed by atoms with Crippen LogP contribution in [0.15, 0.2) is 17.5 Å². The van der Waals surface area contributed by atoms with Crippen molar-refractivity contribution in [2.45, 2.75) is 58.4 Å². The summed E-state index contributed by atoms with van der Waals surface area (Å²) in [4.78, 5) is 16.9.